The fourth-order valence-electron chi connectivity index (χ4n) is 2.70. The van der Waals surface area contributed by atoms with Crippen LogP contribution in [0.15, 0.2) is 0 Å². The van der Waals surface area contributed by atoms with Crippen LogP contribution < -0.4 is 0 Å². The van der Waals surface area contributed by atoms with Crippen molar-refractivity contribution in [2.45, 2.75) is 37.9 Å². The highest BCUT2D eigenvalue weighted by Crippen LogP contribution is 2.40. The Balaban J connectivity index is 2.05. The van der Waals surface area contributed by atoms with E-state index in [9.17, 15) is 16.8 Å². The molecule has 1 saturated carbocycles. The van der Waals surface area contributed by atoms with Gasteiger partial charge >= 0.3 is 0 Å². The van der Waals surface area contributed by atoms with Gasteiger partial charge in [0.25, 0.3) is 20.2 Å². The lowest BCUT2D eigenvalue weighted by Crippen LogP contribution is -2.54. The third-order valence-corrected chi connectivity index (χ3v) is 5.15. The van der Waals surface area contributed by atoms with Gasteiger partial charge in [0.05, 0.1) is 44.4 Å². The van der Waals surface area contributed by atoms with Gasteiger partial charge in [-0.1, -0.05) is 6.42 Å². The van der Waals surface area contributed by atoms with Crippen LogP contribution in [-0.2, 0) is 38.1 Å². The molecule has 0 atom stereocenters. The normalized spacial score (nSPS) is 24.6. The van der Waals surface area contributed by atoms with E-state index >= 15 is 0 Å². The van der Waals surface area contributed by atoms with Gasteiger partial charge in [-0.05, 0) is 12.8 Å². The highest BCUT2D eigenvalue weighted by atomic mass is 32.2. The van der Waals surface area contributed by atoms with Crippen molar-refractivity contribution in [2.24, 2.45) is 5.41 Å². The van der Waals surface area contributed by atoms with Gasteiger partial charge in [-0.25, -0.2) is 0 Å². The highest BCUT2D eigenvalue weighted by Gasteiger charge is 2.46. The van der Waals surface area contributed by atoms with Crippen molar-refractivity contribution in [1.82, 2.24) is 0 Å². The molecule has 0 amide bonds. The first-order chi connectivity index (χ1) is 10.5. The molecule has 0 radical (unpaired) electrons. The van der Waals surface area contributed by atoms with E-state index in [2.05, 4.69) is 0 Å². The van der Waals surface area contributed by atoms with Crippen molar-refractivity contribution in [3.8, 4) is 0 Å². The molecule has 2 aliphatic rings. The van der Waals surface area contributed by atoms with E-state index in [0.717, 1.165) is 44.6 Å². The van der Waals surface area contributed by atoms with Gasteiger partial charge in [0, 0.05) is 12.8 Å². The van der Waals surface area contributed by atoms with Crippen LogP contribution in [0.1, 0.15) is 32.1 Å². The molecule has 10 heteroatoms. The molecule has 8 nitrogen and oxygen atoms in total. The molecule has 1 heterocycles. The SMILES string of the molecule is CS(=O)(=O)OCC1(COS(C)(=O)=O)COC2(CCCCC2)OC1. The lowest BCUT2D eigenvalue weighted by Gasteiger charge is -2.47. The molecule has 1 saturated heterocycles. The number of hydrogen-bond donors (Lipinski definition) is 0. The van der Waals surface area contributed by atoms with E-state index in [1.165, 1.54) is 0 Å². The predicted octanol–water partition coefficient (Wildman–Crippen LogP) is 0.632. The van der Waals surface area contributed by atoms with E-state index < -0.39 is 31.4 Å². The minimum Gasteiger partial charge on any atom is -0.349 e. The number of hydrogen-bond acceptors (Lipinski definition) is 8. The van der Waals surface area contributed by atoms with Crippen LogP contribution in [0.2, 0.25) is 0 Å². The Kier molecular flexibility index (Phi) is 5.74. The molecule has 2 rings (SSSR count). The molecule has 1 aliphatic carbocycles. The summed E-state index contributed by atoms with van der Waals surface area (Å²) in [6.45, 7) is -0.259. The summed E-state index contributed by atoms with van der Waals surface area (Å²) >= 11 is 0. The zero-order valence-electron chi connectivity index (χ0n) is 13.4. The van der Waals surface area contributed by atoms with Crippen molar-refractivity contribution in [2.75, 3.05) is 38.9 Å². The first-order valence-electron chi connectivity index (χ1n) is 7.50. The Morgan fingerprint density at radius 2 is 1.26 bits per heavy atom. The fourth-order valence-corrected chi connectivity index (χ4v) is 3.63. The number of ether oxygens (including phenoxy) is 2. The van der Waals surface area contributed by atoms with Gasteiger partial charge in [0.2, 0.25) is 0 Å². The standard InChI is InChI=1S/C13H24O8S2/c1-22(14,15)20-10-12(11-21-23(2,16)17)8-18-13(19-9-12)6-4-3-5-7-13/h3-11H2,1-2H3. The summed E-state index contributed by atoms with van der Waals surface area (Å²) < 4.78 is 66.5. The minimum atomic E-state index is -3.66. The second kappa shape index (κ2) is 6.93. The van der Waals surface area contributed by atoms with Gasteiger partial charge in [-0.2, -0.15) is 16.8 Å². The van der Waals surface area contributed by atoms with Crippen LogP contribution in [0.4, 0.5) is 0 Å². The van der Waals surface area contributed by atoms with Crippen molar-refractivity contribution < 1.29 is 34.7 Å². The van der Waals surface area contributed by atoms with E-state index in [-0.39, 0.29) is 26.4 Å². The predicted molar refractivity (Wildman–Crippen MR) is 81.7 cm³/mol. The summed E-state index contributed by atoms with van der Waals surface area (Å²) in [6.07, 6.45) is 6.58. The van der Waals surface area contributed by atoms with Crippen molar-refractivity contribution >= 4 is 20.2 Å². The Labute approximate surface area is 137 Å². The summed E-state index contributed by atoms with van der Waals surface area (Å²) in [6, 6.07) is 0. The lowest BCUT2D eigenvalue weighted by atomic mass is 9.88. The van der Waals surface area contributed by atoms with Gasteiger partial charge in [-0.15, -0.1) is 0 Å². The quantitative estimate of drug-likeness (QED) is 0.625. The smallest absolute Gasteiger partial charge is 0.264 e. The second-order valence-corrected chi connectivity index (χ2v) is 9.77. The molecule has 0 aromatic rings. The number of rotatable bonds is 6. The molecule has 0 aromatic heterocycles. The molecule has 0 unspecified atom stereocenters. The van der Waals surface area contributed by atoms with Crippen molar-refractivity contribution in [1.29, 1.82) is 0 Å². The van der Waals surface area contributed by atoms with Crippen LogP contribution in [0.5, 0.6) is 0 Å². The molecule has 1 aliphatic heterocycles. The molecular formula is C13H24O8S2. The third kappa shape index (κ3) is 5.95. The first kappa shape index (κ1) is 19.1. The summed E-state index contributed by atoms with van der Waals surface area (Å²) in [5.74, 6) is -0.641. The van der Waals surface area contributed by atoms with Crippen LogP contribution in [0, 0.1) is 5.41 Å². The van der Waals surface area contributed by atoms with Gasteiger partial charge < -0.3 is 9.47 Å². The van der Waals surface area contributed by atoms with E-state index in [1.807, 2.05) is 0 Å². The van der Waals surface area contributed by atoms with Gasteiger partial charge in [0.1, 0.15) is 0 Å². The summed E-state index contributed by atoms with van der Waals surface area (Å²) in [7, 11) is -7.33. The monoisotopic (exact) mass is 372 g/mol. The maximum absolute atomic E-state index is 11.2. The average Bonchev–Trinajstić information content (AvgIpc) is 2.45. The van der Waals surface area contributed by atoms with Gasteiger partial charge in [0.15, 0.2) is 5.79 Å². The Hall–Kier alpha value is -0.260. The Bertz CT molecular complexity index is 556. The molecule has 1 spiro atoms. The fraction of sp³-hybridized carbons (Fsp3) is 1.00. The molecule has 0 bridgehead atoms. The van der Waals surface area contributed by atoms with E-state index in [4.69, 9.17) is 17.8 Å². The van der Waals surface area contributed by atoms with Gasteiger partial charge in [-0.3, -0.25) is 8.37 Å². The topological polar surface area (TPSA) is 105 Å². The van der Waals surface area contributed by atoms with E-state index in [1.54, 1.807) is 0 Å². The summed E-state index contributed by atoms with van der Waals surface area (Å²) in [5.41, 5.74) is -0.977. The molecule has 0 N–H and O–H groups in total. The lowest BCUT2D eigenvalue weighted by molar-refractivity contribution is -0.320. The third-order valence-electron chi connectivity index (χ3n) is 4.06. The highest BCUT2D eigenvalue weighted by molar-refractivity contribution is 7.86. The van der Waals surface area contributed by atoms with Crippen LogP contribution in [0.3, 0.4) is 0 Å². The zero-order chi connectivity index (χ0) is 17.2. The second-order valence-electron chi connectivity index (χ2n) is 6.48. The van der Waals surface area contributed by atoms with Crippen molar-refractivity contribution in [3.63, 3.8) is 0 Å². The Morgan fingerprint density at radius 1 is 0.826 bits per heavy atom. The first-order valence-corrected chi connectivity index (χ1v) is 11.1. The molecule has 0 aromatic carbocycles. The Morgan fingerprint density at radius 3 is 1.65 bits per heavy atom. The summed E-state index contributed by atoms with van der Waals surface area (Å²) in [5, 5.41) is 0. The molecule has 23 heavy (non-hydrogen) atoms. The maximum atomic E-state index is 11.2. The van der Waals surface area contributed by atoms with Crippen molar-refractivity contribution in [3.05, 3.63) is 0 Å². The largest absolute Gasteiger partial charge is 0.349 e. The van der Waals surface area contributed by atoms with Crippen LogP contribution in [0.25, 0.3) is 0 Å². The zero-order valence-corrected chi connectivity index (χ0v) is 15.1. The molecule has 136 valence electrons. The maximum Gasteiger partial charge on any atom is 0.264 e. The average molecular weight is 372 g/mol. The summed E-state index contributed by atoms with van der Waals surface area (Å²) in [4.78, 5) is 0. The molecular weight excluding hydrogens is 348 g/mol. The minimum absolute atomic E-state index is 0.123. The van der Waals surface area contributed by atoms with Crippen LogP contribution in [-0.4, -0.2) is 61.6 Å². The van der Waals surface area contributed by atoms with E-state index in [0.29, 0.717) is 0 Å². The molecule has 2 fully saturated rings. The van der Waals surface area contributed by atoms with Crippen LogP contribution >= 0.6 is 0 Å².